The molecule has 0 radical (unpaired) electrons. The van der Waals surface area contributed by atoms with E-state index in [4.69, 9.17) is 4.74 Å². The molecule has 1 aromatic heterocycles. The van der Waals surface area contributed by atoms with E-state index in [1.807, 2.05) is 18.4 Å². The first-order chi connectivity index (χ1) is 10.1. The van der Waals surface area contributed by atoms with E-state index < -0.39 is 5.54 Å². The van der Waals surface area contributed by atoms with Gasteiger partial charge in [0.25, 0.3) is 0 Å². The highest BCUT2D eigenvalue weighted by atomic mass is 32.1. The van der Waals surface area contributed by atoms with E-state index in [-0.39, 0.29) is 11.8 Å². The third kappa shape index (κ3) is 3.63. The largest absolute Gasteiger partial charge is 0.383 e. The maximum Gasteiger partial charge on any atom is 0.245 e. The Labute approximate surface area is 129 Å². The number of hydrogen-bond donors (Lipinski definition) is 1. The molecule has 1 N–H and O–H groups in total. The molecule has 1 unspecified atom stereocenters. The predicted octanol–water partition coefficient (Wildman–Crippen LogP) is 1.43. The molecule has 0 bridgehead atoms. The summed E-state index contributed by atoms with van der Waals surface area (Å²) in [6.45, 7) is 3.39. The van der Waals surface area contributed by atoms with Crippen LogP contribution >= 0.6 is 11.3 Å². The van der Waals surface area contributed by atoms with Gasteiger partial charge in [-0.05, 0) is 31.2 Å². The van der Waals surface area contributed by atoms with E-state index in [0.717, 1.165) is 6.42 Å². The average Bonchev–Trinajstić information content (AvgIpc) is 3.07. The number of rotatable bonds is 7. The number of hydrogen-bond acceptors (Lipinski definition) is 4. The first-order valence-electron chi connectivity index (χ1n) is 7.18. The molecule has 5 nitrogen and oxygen atoms in total. The SMILES string of the molecule is COCCNC(=O)C1(C)CCC(=O)N1CCc1cccs1. The predicted molar refractivity (Wildman–Crippen MR) is 82.3 cm³/mol. The van der Waals surface area contributed by atoms with Crippen molar-refractivity contribution in [2.75, 3.05) is 26.8 Å². The van der Waals surface area contributed by atoms with Gasteiger partial charge in [0.15, 0.2) is 0 Å². The number of likely N-dealkylation sites (tertiary alicyclic amines) is 1. The van der Waals surface area contributed by atoms with Gasteiger partial charge in [-0.1, -0.05) is 6.07 Å². The van der Waals surface area contributed by atoms with Crippen LogP contribution in [0.2, 0.25) is 0 Å². The number of carbonyl (C=O) groups is 2. The van der Waals surface area contributed by atoms with E-state index in [2.05, 4.69) is 11.4 Å². The van der Waals surface area contributed by atoms with Gasteiger partial charge in [0.2, 0.25) is 11.8 Å². The molecule has 1 fully saturated rings. The molecule has 1 aliphatic rings. The van der Waals surface area contributed by atoms with Crippen LogP contribution in [0.5, 0.6) is 0 Å². The smallest absolute Gasteiger partial charge is 0.245 e. The van der Waals surface area contributed by atoms with Crippen LogP contribution in [0.25, 0.3) is 0 Å². The Morgan fingerprint density at radius 2 is 2.38 bits per heavy atom. The Morgan fingerprint density at radius 3 is 3.05 bits per heavy atom. The molecule has 1 aliphatic heterocycles. The molecule has 1 atom stereocenters. The standard InChI is InChI=1S/C15H22N2O3S/c1-15(14(19)16-8-10-20-2)7-5-13(18)17(15)9-6-12-4-3-11-21-12/h3-4,11H,5-10H2,1-2H3,(H,16,19). The molecule has 6 heteroatoms. The summed E-state index contributed by atoms with van der Waals surface area (Å²) in [4.78, 5) is 27.5. The van der Waals surface area contributed by atoms with Gasteiger partial charge in [-0.25, -0.2) is 0 Å². The van der Waals surface area contributed by atoms with E-state index in [1.165, 1.54) is 4.88 Å². The van der Waals surface area contributed by atoms with Crippen LogP contribution < -0.4 is 5.32 Å². The van der Waals surface area contributed by atoms with Gasteiger partial charge in [-0.15, -0.1) is 11.3 Å². The normalized spacial score (nSPS) is 21.8. The van der Waals surface area contributed by atoms with E-state index >= 15 is 0 Å². The number of carbonyl (C=O) groups excluding carboxylic acids is 2. The van der Waals surface area contributed by atoms with Crippen LogP contribution in [0.15, 0.2) is 17.5 Å². The van der Waals surface area contributed by atoms with Gasteiger partial charge >= 0.3 is 0 Å². The monoisotopic (exact) mass is 310 g/mol. The molecule has 0 saturated carbocycles. The van der Waals surface area contributed by atoms with Crippen molar-refractivity contribution in [1.29, 1.82) is 0 Å². The third-order valence-corrected chi connectivity index (χ3v) is 4.90. The van der Waals surface area contributed by atoms with Gasteiger partial charge < -0.3 is 15.0 Å². The summed E-state index contributed by atoms with van der Waals surface area (Å²) in [6, 6.07) is 4.06. The van der Waals surface area contributed by atoms with Crippen LogP contribution in [-0.4, -0.2) is 49.1 Å². The van der Waals surface area contributed by atoms with Crippen molar-refractivity contribution in [2.24, 2.45) is 0 Å². The zero-order valence-corrected chi connectivity index (χ0v) is 13.4. The summed E-state index contributed by atoms with van der Waals surface area (Å²) in [5.74, 6) is -0.0208. The Hall–Kier alpha value is -1.40. The summed E-state index contributed by atoms with van der Waals surface area (Å²) in [5.41, 5.74) is -0.734. The molecule has 2 heterocycles. The Bertz CT molecular complexity index is 489. The quantitative estimate of drug-likeness (QED) is 0.775. The number of thiophene rings is 1. The summed E-state index contributed by atoms with van der Waals surface area (Å²) in [6.07, 6.45) is 1.82. The molecule has 2 rings (SSSR count). The van der Waals surface area contributed by atoms with Gasteiger partial charge in [0.1, 0.15) is 5.54 Å². The van der Waals surface area contributed by atoms with E-state index in [0.29, 0.717) is 32.5 Å². The number of nitrogens with one attached hydrogen (secondary N) is 1. The molecule has 21 heavy (non-hydrogen) atoms. The van der Waals surface area contributed by atoms with E-state index in [1.54, 1.807) is 23.3 Å². The molecule has 116 valence electrons. The number of amides is 2. The van der Waals surface area contributed by atoms with E-state index in [9.17, 15) is 9.59 Å². The number of methoxy groups -OCH3 is 1. The van der Waals surface area contributed by atoms with Gasteiger partial charge in [0, 0.05) is 31.5 Å². The Balaban J connectivity index is 1.98. The fourth-order valence-corrected chi connectivity index (χ4v) is 3.34. The minimum atomic E-state index is -0.734. The van der Waals surface area contributed by atoms with Crippen LogP contribution in [0.3, 0.4) is 0 Å². The van der Waals surface area contributed by atoms with Crippen molar-refractivity contribution in [2.45, 2.75) is 31.7 Å². The lowest BCUT2D eigenvalue weighted by Crippen LogP contribution is -2.55. The highest BCUT2D eigenvalue weighted by Crippen LogP contribution is 2.30. The third-order valence-electron chi connectivity index (χ3n) is 3.97. The lowest BCUT2D eigenvalue weighted by Gasteiger charge is -2.34. The molecule has 0 aromatic carbocycles. The minimum Gasteiger partial charge on any atom is -0.383 e. The van der Waals surface area contributed by atoms with Crippen molar-refractivity contribution < 1.29 is 14.3 Å². The first kappa shape index (κ1) is 16.0. The van der Waals surface area contributed by atoms with Crippen molar-refractivity contribution >= 4 is 23.2 Å². The second-order valence-corrected chi connectivity index (χ2v) is 6.43. The van der Waals surface area contributed by atoms with Crippen molar-refractivity contribution in [3.8, 4) is 0 Å². The molecule has 0 aliphatic carbocycles. The Kier molecular flexibility index (Phi) is 5.36. The first-order valence-corrected chi connectivity index (χ1v) is 8.06. The van der Waals surface area contributed by atoms with Gasteiger partial charge in [-0.3, -0.25) is 9.59 Å². The van der Waals surface area contributed by atoms with Crippen molar-refractivity contribution in [3.05, 3.63) is 22.4 Å². The average molecular weight is 310 g/mol. The number of ether oxygens (including phenoxy) is 1. The molecule has 0 spiro atoms. The maximum absolute atomic E-state index is 12.4. The Morgan fingerprint density at radius 1 is 1.57 bits per heavy atom. The minimum absolute atomic E-state index is 0.0657. The lowest BCUT2D eigenvalue weighted by atomic mass is 9.97. The molecule has 1 saturated heterocycles. The summed E-state index contributed by atoms with van der Waals surface area (Å²) in [7, 11) is 1.60. The second kappa shape index (κ2) is 7.04. The van der Waals surface area contributed by atoms with Crippen molar-refractivity contribution in [3.63, 3.8) is 0 Å². The maximum atomic E-state index is 12.4. The highest BCUT2D eigenvalue weighted by Gasteiger charge is 2.46. The fraction of sp³-hybridized carbons (Fsp3) is 0.600. The van der Waals surface area contributed by atoms with Crippen LogP contribution in [0.4, 0.5) is 0 Å². The molecular weight excluding hydrogens is 288 g/mol. The number of nitrogens with zero attached hydrogens (tertiary/aromatic N) is 1. The highest BCUT2D eigenvalue weighted by molar-refractivity contribution is 7.09. The zero-order valence-electron chi connectivity index (χ0n) is 12.6. The topological polar surface area (TPSA) is 58.6 Å². The fourth-order valence-electron chi connectivity index (χ4n) is 2.64. The van der Waals surface area contributed by atoms with Crippen LogP contribution in [0, 0.1) is 0 Å². The van der Waals surface area contributed by atoms with Crippen LogP contribution in [0.1, 0.15) is 24.6 Å². The lowest BCUT2D eigenvalue weighted by molar-refractivity contribution is -0.140. The van der Waals surface area contributed by atoms with Gasteiger partial charge in [-0.2, -0.15) is 0 Å². The molecule has 2 amide bonds. The summed E-state index contributed by atoms with van der Waals surface area (Å²) >= 11 is 1.68. The van der Waals surface area contributed by atoms with Crippen molar-refractivity contribution in [1.82, 2.24) is 10.2 Å². The zero-order chi connectivity index (χ0) is 15.3. The summed E-state index contributed by atoms with van der Waals surface area (Å²) < 4.78 is 4.94. The second-order valence-electron chi connectivity index (χ2n) is 5.40. The summed E-state index contributed by atoms with van der Waals surface area (Å²) in [5, 5.41) is 4.88. The van der Waals surface area contributed by atoms with Gasteiger partial charge in [0.05, 0.1) is 6.61 Å². The van der Waals surface area contributed by atoms with Crippen LogP contribution in [-0.2, 0) is 20.7 Å². The molecular formula is C15H22N2O3S. The molecule has 1 aromatic rings.